The highest BCUT2D eigenvalue weighted by molar-refractivity contribution is 7.33. The van der Waals surface area contributed by atoms with E-state index in [0.717, 1.165) is 23.9 Å². The van der Waals surface area contributed by atoms with Crippen molar-refractivity contribution in [3.8, 4) is 0 Å². The van der Waals surface area contributed by atoms with Crippen LogP contribution in [0.25, 0.3) is 0 Å². The first-order valence-electron chi connectivity index (χ1n) is 7.65. The average Bonchev–Trinajstić information content (AvgIpc) is 2.40. The van der Waals surface area contributed by atoms with Gasteiger partial charge in [0, 0.05) is 10.6 Å². The minimum absolute atomic E-state index is 0.0862. The van der Waals surface area contributed by atoms with Crippen LogP contribution in [0.1, 0.15) is 33.1 Å². The summed E-state index contributed by atoms with van der Waals surface area (Å²) in [7, 11) is 3.90. The Morgan fingerprint density at radius 1 is 1.27 bits per heavy atom. The van der Waals surface area contributed by atoms with Gasteiger partial charge in [0.15, 0.2) is 6.61 Å². The molecular weight excluding hydrogens is 305 g/mol. The number of ether oxygens (including phenoxy) is 1. The number of hydrogen-bond acceptors (Lipinski definition) is 5. The maximum absolute atomic E-state index is 11.7. The summed E-state index contributed by atoms with van der Waals surface area (Å²) in [4.78, 5) is 11.5. The highest BCUT2D eigenvalue weighted by atomic mass is 31.1. The smallest absolute Gasteiger partial charge is 0.457 e. The molecule has 22 heavy (non-hydrogen) atoms. The van der Waals surface area contributed by atoms with Crippen molar-refractivity contribution in [2.45, 2.75) is 39.2 Å². The molecule has 0 rings (SSSR count). The third-order valence-electron chi connectivity index (χ3n) is 2.79. The van der Waals surface area contributed by atoms with E-state index in [1.165, 1.54) is 6.08 Å². The Morgan fingerprint density at radius 3 is 2.50 bits per heavy atom. The molecule has 0 aromatic rings. The molecule has 0 amide bonds. The predicted octanol–water partition coefficient (Wildman–Crippen LogP) is 3.06. The summed E-state index contributed by atoms with van der Waals surface area (Å²) < 4.78 is 28.0. The second-order valence-corrected chi connectivity index (χ2v) is 7.03. The molecule has 0 spiro atoms. The van der Waals surface area contributed by atoms with Crippen LogP contribution in [-0.2, 0) is 23.1 Å². The molecule has 7 heteroatoms. The van der Waals surface area contributed by atoms with E-state index >= 15 is 0 Å². The molecule has 6 nitrogen and oxygen atoms in total. The Morgan fingerprint density at radius 2 is 1.95 bits per heavy atom. The molecule has 128 valence electrons. The summed E-state index contributed by atoms with van der Waals surface area (Å²) in [6.45, 7) is 4.98. The Labute approximate surface area is 135 Å². The fourth-order valence-electron chi connectivity index (χ4n) is 1.52. The molecule has 0 N–H and O–H groups in total. The predicted molar refractivity (Wildman–Crippen MR) is 86.6 cm³/mol. The quantitative estimate of drug-likeness (QED) is 0.237. The van der Waals surface area contributed by atoms with E-state index in [-0.39, 0.29) is 6.61 Å². The van der Waals surface area contributed by atoms with Gasteiger partial charge >= 0.3 is 14.2 Å². The van der Waals surface area contributed by atoms with Crippen molar-refractivity contribution >= 4 is 14.2 Å². The fraction of sp³-hybridized carbons (Fsp3) is 0.800. The summed E-state index contributed by atoms with van der Waals surface area (Å²) in [6.07, 6.45) is 5.16. The van der Waals surface area contributed by atoms with E-state index in [4.69, 9.17) is 13.8 Å². The number of unbranched alkanes of at least 4 members (excludes halogenated alkanes) is 1. The van der Waals surface area contributed by atoms with E-state index < -0.39 is 20.3 Å². The highest BCUT2D eigenvalue weighted by Crippen LogP contribution is 2.25. The summed E-state index contributed by atoms with van der Waals surface area (Å²) in [6, 6.07) is 0. The molecule has 0 aliphatic heterocycles. The second-order valence-electron chi connectivity index (χ2n) is 6.07. The maximum atomic E-state index is 11.7. The van der Waals surface area contributed by atoms with E-state index in [0.29, 0.717) is 13.0 Å². The largest absolute Gasteiger partial charge is 0.697 e. The summed E-state index contributed by atoms with van der Waals surface area (Å²) >= 11 is 0. The molecule has 0 aliphatic rings. The standard InChI is InChI=1S/C15H30NO5P/c1-6-8-10-14(21-15(17)9-7-2)13-20-22(18)19-12-11-16(3,4)5/h7,9,14H,6,8,10-13H2,1-5H3/q+2. The second kappa shape index (κ2) is 11.7. The number of quaternary nitrogens is 1. The van der Waals surface area contributed by atoms with E-state index in [1.54, 1.807) is 13.0 Å². The molecule has 0 saturated carbocycles. The van der Waals surface area contributed by atoms with Crippen LogP contribution >= 0.6 is 8.25 Å². The van der Waals surface area contributed by atoms with Crippen molar-refractivity contribution in [1.29, 1.82) is 0 Å². The van der Waals surface area contributed by atoms with Gasteiger partial charge in [-0.2, -0.15) is 0 Å². The molecule has 0 heterocycles. The summed E-state index contributed by atoms with van der Waals surface area (Å²) in [5.74, 6) is -0.409. The lowest BCUT2D eigenvalue weighted by Gasteiger charge is -2.21. The van der Waals surface area contributed by atoms with Gasteiger partial charge in [-0.05, 0) is 19.8 Å². The maximum Gasteiger partial charge on any atom is 0.697 e. The molecular formula is C15H30NO5P+2. The number of carbonyl (C=O) groups excluding carboxylic acids is 1. The minimum Gasteiger partial charge on any atom is -0.457 e. The normalized spacial score (nSPS) is 14.1. The molecule has 0 saturated heterocycles. The van der Waals surface area contributed by atoms with Crippen LogP contribution in [-0.4, -0.2) is 57.5 Å². The first-order chi connectivity index (χ1) is 10.3. The highest BCUT2D eigenvalue weighted by Gasteiger charge is 2.25. The van der Waals surface area contributed by atoms with Crippen LogP contribution in [0.3, 0.4) is 0 Å². The molecule has 0 aromatic carbocycles. The molecule has 0 bridgehead atoms. The fourth-order valence-corrected chi connectivity index (χ4v) is 2.11. The van der Waals surface area contributed by atoms with E-state index in [1.807, 2.05) is 21.1 Å². The van der Waals surface area contributed by atoms with Gasteiger partial charge in [-0.1, -0.05) is 19.4 Å². The van der Waals surface area contributed by atoms with Gasteiger partial charge in [0.2, 0.25) is 0 Å². The average molecular weight is 335 g/mol. The number of likely N-dealkylation sites (N-methyl/N-ethyl adjacent to an activating group) is 1. The van der Waals surface area contributed by atoms with Gasteiger partial charge < -0.3 is 9.22 Å². The van der Waals surface area contributed by atoms with Gasteiger partial charge in [0.05, 0.1) is 21.1 Å². The molecule has 0 aromatic heterocycles. The third kappa shape index (κ3) is 12.9. The molecule has 0 aliphatic carbocycles. The van der Waals surface area contributed by atoms with Crippen molar-refractivity contribution < 1.29 is 27.6 Å². The van der Waals surface area contributed by atoms with Crippen LogP contribution in [0.5, 0.6) is 0 Å². The minimum atomic E-state index is -2.18. The van der Waals surface area contributed by atoms with Crippen molar-refractivity contribution in [2.75, 3.05) is 40.9 Å². The molecule has 2 unspecified atom stereocenters. The van der Waals surface area contributed by atoms with Crippen molar-refractivity contribution in [3.63, 3.8) is 0 Å². The van der Waals surface area contributed by atoms with Crippen LogP contribution < -0.4 is 0 Å². The Bertz CT molecular complexity index is 365. The summed E-state index contributed by atoms with van der Waals surface area (Å²) in [5.41, 5.74) is 0. The first kappa shape index (κ1) is 21.2. The number of nitrogens with zero attached hydrogens (tertiary/aromatic N) is 1. The van der Waals surface area contributed by atoms with Gasteiger partial charge in [-0.15, -0.1) is 9.05 Å². The van der Waals surface area contributed by atoms with Crippen molar-refractivity contribution in [1.82, 2.24) is 0 Å². The lowest BCUT2D eigenvalue weighted by molar-refractivity contribution is -0.870. The van der Waals surface area contributed by atoms with E-state index in [9.17, 15) is 9.36 Å². The SMILES string of the molecule is CC=CC(=O)OC(CCCC)CO[P+](=O)OCC[N+](C)(C)C. The lowest BCUT2D eigenvalue weighted by Crippen LogP contribution is -2.37. The zero-order valence-electron chi connectivity index (χ0n) is 14.4. The zero-order valence-corrected chi connectivity index (χ0v) is 15.3. The lowest BCUT2D eigenvalue weighted by atomic mass is 10.2. The van der Waals surface area contributed by atoms with Crippen LogP contribution in [0.15, 0.2) is 12.2 Å². The number of allylic oxidation sites excluding steroid dienone is 1. The van der Waals surface area contributed by atoms with Gasteiger partial charge in [0.25, 0.3) is 0 Å². The van der Waals surface area contributed by atoms with Gasteiger partial charge in [0.1, 0.15) is 19.3 Å². The van der Waals surface area contributed by atoms with Crippen molar-refractivity contribution in [2.24, 2.45) is 0 Å². The first-order valence-corrected chi connectivity index (χ1v) is 8.75. The van der Waals surface area contributed by atoms with Crippen LogP contribution in [0.2, 0.25) is 0 Å². The molecule has 0 radical (unpaired) electrons. The third-order valence-corrected chi connectivity index (χ3v) is 3.54. The number of hydrogen-bond donors (Lipinski definition) is 0. The topological polar surface area (TPSA) is 61.8 Å². The van der Waals surface area contributed by atoms with Crippen molar-refractivity contribution in [3.05, 3.63) is 12.2 Å². The summed E-state index contributed by atoms with van der Waals surface area (Å²) in [5, 5.41) is 0. The number of esters is 1. The number of carbonyl (C=O) groups is 1. The Balaban J connectivity index is 4.14. The Hall–Kier alpha value is -0.810. The molecule has 2 atom stereocenters. The monoisotopic (exact) mass is 335 g/mol. The van der Waals surface area contributed by atoms with Crippen LogP contribution in [0.4, 0.5) is 0 Å². The van der Waals surface area contributed by atoms with Crippen LogP contribution in [0, 0.1) is 0 Å². The van der Waals surface area contributed by atoms with E-state index in [2.05, 4.69) is 6.92 Å². The molecule has 0 fully saturated rings. The zero-order chi connectivity index (χ0) is 17.0. The van der Waals surface area contributed by atoms with Gasteiger partial charge in [-0.25, -0.2) is 4.79 Å². The Kier molecular flexibility index (Phi) is 11.3. The van der Waals surface area contributed by atoms with Gasteiger partial charge in [-0.3, -0.25) is 0 Å². The number of rotatable bonds is 12.